The van der Waals surface area contributed by atoms with Crippen LogP contribution >= 0.6 is 11.6 Å². The van der Waals surface area contributed by atoms with Gasteiger partial charge in [-0.05, 0) is 64.7 Å². The standard InChI is InChI=1S/C40H35ClN2O4/c41-32-18-21-36-35(27-32)34(23-25-47-33-19-16-31(17-20-33)40(45)46)37(22-24-42-38(44)26-28-10-4-1-5-11-28)43(36)39(29-12-6-2-7-13-29)30-14-8-3-9-15-30/h1-21,27,39H,22-26H2,(H,42,44)(H,45,46). The van der Waals surface area contributed by atoms with Gasteiger partial charge < -0.3 is 19.7 Å². The summed E-state index contributed by atoms with van der Waals surface area (Å²) in [6.45, 7) is 0.823. The Morgan fingerprint density at radius 2 is 1.38 bits per heavy atom. The van der Waals surface area contributed by atoms with Gasteiger partial charge in [0.15, 0.2) is 0 Å². The molecule has 0 bridgehead atoms. The second-order valence-corrected chi connectivity index (χ2v) is 11.8. The molecule has 0 unspecified atom stereocenters. The first kappa shape index (κ1) is 31.6. The molecule has 0 spiro atoms. The topological polar surface area (TPSA) is 80.6 Å². The highest BCUT2D eigenvalue weighted by Gasteiger charge is 2.25. The van der Waals surface area contributed by atoms with Crippen molar-refractivity contribution in [2.75, 3.05) is 13.2 Å². The van der Waals surface area contributed by atoms with E-state index in [0.29, 0.717) is 43.2 Å². The first-order valence-electron chi connectivity index (χ1n) is 15.7. The smallest absolute Gasteiger partial charge is 0.335 e. The van der Waals surface area contributed by atoms with Crippen LogP contribution in [-0.4, -0.2) is 34.7 Å². The fourth-order valence-electron chi connectivity index (χ4n) is 6.14. The van der Waals surface area contributed by atoms with Crippen LogP contribution in [0.25, 0.3) is 10.9 Å². The van der Waals surface area contributed by atoms with Crippen molar-refractivity contribution in [2.45, 2.75) is 25.3 Å². The van der Waals surface area contributed by atoms with E-state index >= 15 is 0 Å². The second kappa shape index (κ2) is 14.8. The number of amides is 1. The Bertz CT molecular complexity index is 1920. The summed E-state index contributed by atoms with van der Waals surface area (Å²) in [6.07, 6.45) is 1.48. The molecule has 2 N–H and O–H groups in total. The number of carbonyl (C=O) groups excluding carboxylic acids is 1. The summed E-state index contributed by atoms with van der Waals surface area (Å²) in [5, 5.41) is 14.1. The Hall–Kier alpha value is -5.33. The number of nitrogens with one attached hydrogen (secondary N) is 1. The molecule has 0 radical (unpaired) electrons. The normalized spacial score (nSPS) is 11.1. The predicted octanol–water partition coefficient (Wildman–Crippen LogP) is 8.15. The molecule has 0 aliphatic carbocycles. The van der Waals surface area contributed by atoms with E-state index in [2.05, 4.69) is 64.5 Å². The Balaban J connectivity index is 1.39. The molecule has 6 nitrogen and oxygen atoms in total. The number of carboxylic acid groups (broad SMARTS) is 1. The highest BCUT2D eigenvalue weighted by Crippen LogP contribution is 2.37. The third kappa shape index (κ3) is 7.56. The van der Waals surface area contributed by atoms with E-state index in [9.17, 15) is 14.7 Å². The summed E-state index contributed by atoms with van der Waals surface area (Å²) in [5.41, 5.74) is 6.68. The molecule has 0 atom stereocenters. The van der Waals surface area contributed by atoms with Gasteiger partial charge in [0, 0.05) is 41.0 Å². The minimum absolute atomic E-state index is 0.0285. The number of hydrogen-bond donors (Lipinski definition) is 2. The lowest BCUT2D eigenvalue weighted by atomic mass is 9.97. The molecule has 6 rings (SSSR count). The van der Waals surface area contributed by atoms with Gasteiger partial charge in [0.2, 0.25) is 5.91 Å². The number of hydrogen-bond acceptors (Lipinski definition) is 3. The zero-order chi connectivity index (χ0) is 32.6. The maximum atomic E-state index is 13.0. The maximum absolute atomic E-state index is 13.0. The van der Waals surface area contributed by atoms with Gasteiger partial charge >= 0.3 is 5.97 Å². The minimum atomic E-state index is -0.979. The van der Waals surface area contributed by atoms with E-state index in [4.69, 9.17) is 16.3 Å². The van der Waals surface area contributed by atoms with Crippen molar-refractivity contribution in [3.63, 3.8) is 0 Å². The average molecular weight is 643 g/mol. The molecule has 236 valence electrons. The molecule has 6 aromatic rings. The SMILES string of the molecule is O=C(Cc1ccccc1)NCCc1c(CCOc2ccc(C(=O)O)cc2)c2cc(Cl)ccc2n1C(c1ccccc1)c1ccccc1. The summed E-state index contributed by atoms with van der Waals surface area (Å²) in [6, 6.07) is 42.9. The number of carboxylic acids is 1. The Kier molecular flexibility index (Phi) is 9.99. The van der Waals surface area contributed by atoms with Crippen LogP contribution in [0.2, 0.25) is 5.02 Å². The summed E-state index contributed by atoms with van der Waals surface area (Å²) in [7, 11) is 0. The molecule has 0 saturated carbocycles. The number of benzene rings is 5. The van der Waals surface area contributed by atoms with Gasteiger partial charge in [0.05, 0.1) is 24.6 Å². The number of carbonyl (C=O) groups is 2. The molecule has 0 aliphatic rings. The number of rotatable bonds is 13. The lowest BCUT2D eigenvalue weighted by molar-refractivity contribution is -0.120. The van der Waals surface area contributed by atoms with Crippen LogP contribution in [0, 0.1) is 0 Å². The van der Waals surface area contributed by atoms with Gasteiger partial charge in [-0.15, -0.1) is 0 Å². The molecule has 5 aromatic carbocycles. The number of aromatic nitrogens is 1. The Morgan fingerprint density at radius 1 is 0.766 bits per heavy atom. The van der Waals surface area contributed by atoms with Crippen LogP contribution in [0.4, 0.5) is 0 Å². The van der Waals surface area contributed by atoms with Gasteiger partial charge in [0.25, 0.3) is 0 Å². The van der Waals surface area contributed by atoms with Crippen LogP contribution in [0.3, 0.4) is 0 Å². The van der Waals surface area contributed by atoms with Crippen molar-refractivity contribution in [2.24, 2.45) is 0 Å². The number of halogens is 1. The molecule has 47 heavy (non-hydrogen) atoms. The second-order valence-electron chi connectivity index (χ2n) is 11.4. The number of ether oxygens (including phenoxy) is 1. The van der Waals surface area contributed by atoms with Crippen LogP contribution < -0.4 is 10.1 Å². The Morgan fingerprint density at radius 3 is 2.00 bits per heavy atom. The van der Waals surface area contributed by atoms with Crippen LogP contribution in [0.5, 0.6) is 5.75 Å². The van der Waals surface area contributed by atoms with E-state index < -0.39 is 5.97 Å². The highest BCUT2D eigenvalue weighted by molar-refractivity contribution is 6.31. The first-order chi connectivity index (χ1) is 23.0. The van der Waals surface area contributed by atoms with E-state index in [-0.39, 0.29) is 17.5 Å². The van der Waals surface area contributed by atoms with E-state index in [1.807, 2.05) is 54.6 Å². The molecule has 0 fully saturated rings. The van der Waals surface area contributed by atoms with E-state index in [1.54, 1.807) is 12.1 Å². The van der Waals surface area contributed by atoms with Crippen molar-refractivity contribution in [3.8, 4) is 5.75 Å². The van der Waals surface area contributed by atoms with Crippen molar-refractivity contribution < 1.29 is 19.4 Å². The molecule has 1 aromatic heterocycles. The molecule has 0 aliphatic heterocycles. The number of nitrogens with zero attached hydrogens (tertiary/aromatic N) is 1. The largest absolute Gasteiger partial charge is 0.493 e. The van der Waals surface area contributed by atoms with Crippen LogP contribution in [0.15, 0.2) is 133 Å². The van der Waals surface area contributed by atoms with Crippen molar-refractivity contribution in [1.82, 2.24) is 9.88 Å². The first-order valence-corrected chi connectivity index (χ1v) is 16.0. The van der Waals surface area contributed by atoms with Crippen LogP contribution in [0.1, 0.15) is 44.3 Å². The third-order valence-corrected chi connectivity index (χ3v) is 8.52. The molecular weight excluding hydrogens is 608 g/mol. The summed E-state index contributed by atoms with van der Waals surface area (Å²) < 4.78 is 8.51. The predicted molar refractivity (Wildman–Crippen MR) is 187 cm³/mol. The van der Waals surface area contributed by atoms with Crippen molar-refractivity contribution in [3.05, 3.63) is 172 Å². The molecule has 1 heterocycles. The fraction of sp³-hybridized carbons (Fsp3) is 0.150. The van der Waals surface area contributed by atoms with Gasteiger partial charge in [-0.25, -0.2) is 4.79 Å². The minimum Gasteiger partial charge on any atom is -0.493 e. The van der Waals surface area contributed by atoms with Gasteiger partial charge in [-0.3, -0.25) is 4.79 Å². The highest BCUT2D eigenvalue weighted by atomic mass is 35.5. The molecular formula is C40H35ClN2O4. The van der Waals surface area contributed by atoms with Gasteiger partial charge in [0.1, 0.15) is 5.75 Å². The zero-order valence-corrected chi connectivity index (χ0v) is 26.6. The Labute approximate surface area is 279 Å². The monoisotopic (exact) mass is 642 g/mol. The lowest BCUT2D eigenvalue weighted by Gasteiger charge is -2.25. The van der Waals surface area contributed by atoms with Crippen molar-refractivity contribution >= 4 is 34.4 Å². The third-order valence-electron chi connectivity index (χ3n) is 8.28. The lowest BCUT2D eigenvalue weighted by Crippen LogP contribution is -2.28. The molecule has 0 saturated heterocycles. The van der Waals surface area contributed by atoms with E-state index in [0.717, 1.165) is 38.9 Å². The summed E-state index contributed by atoms with van der Waals surface area (Å²) in [4.78, 5) is 24.3. The van der Waals surface area contributed by atoms with Crippen LogP contribution in [-0.2, 0) is 24.1 Å². The quantitative estimate of drug-likeness (QED) is 0.133. The number of aromatic carboxylic acids is 1. The zero-order valence-electron chi connectivity index (χ0n) is 25.8. The van der Waals surface area contributed by atoms with Gasteiger partial charge in [-0.2, -0.15) is 0 Å². The number of fused-ring (bicyclic) bond motifs is 1. The maximum Gasteiger partial charge on any atom is 0.335 e. The fourth-order valence-corrected chi connectivity index (χ4v) is 6.31. The molecule has 7 heteroatoms. The summed E-state index contributed by atoms with van der Waals surface area (Å²) >= 11 is 6.61. The summed E-state index contributed by atoms with van der Waals surface area (Å²) in [5.74, 6) is -0.412. The molecule has 1 amide bonds. The van der Waals surface area contributed by atoms with Gasteiger partial charge in [-0.1, -0.05) is 103 Å². The van der Waals surface area contributed by atoms with E-state index in [1.165, 1.54) is 12.1 Å². The average Bonchev–Trinajstić information content (AvgIpc) is 3.38. The van der Waals surface area contributed by atoms with Crippen molar-refractivity contribution in [1.29, 1.82) is 0 Å².